The SMILES string of the molecule is Nc1cc(=O)n(Cc2ccccc2Cl)[nH]1. The summed E-state index contributed by atoms with van der Waals surface area (Å²) in [5.74, 6) is 0.354. The molecule has 0 bridgehead atoms. The molecule has 0 radical (unpaired) electrons. The number of nitrogens with zero attached hydrogens (tertiary/aromatic N) is 1. The molecule has 2 rings (SSSR count). The van der Waals surface area contributed by atoms with Gasteiger partial charge in [-0.15, -0.1) is 0 Å². The van der Waals surface area contributed by atoms with Gasteiger partial charge in [0.15, 0.2) is 0 Å². The number of aromatic amines is 1. The van der Waals surface area contributed by atoms with E-state index in [1.807, 2.05) is 18.2 Å². The highest BCUT2D eigenvalue weighted by atomic mass is 35.5. The highest BCUT2D eigenvalue weighted by Gasteiger charge is 2.03. The average Bonchev–Trinajstić information content (AvgIpc) is 2.49. The smallest absolute Gasteiger partial charge is 0.268 e. The minimum atomic E-state index is -0.160. The normalized spacial score (nSPS) is 10.5. The first-order valence-corrected chi connectivity index (χ1v) is 4.83. The summed E-state index contributed by atoms with van der Waals surface area (Å²) in [5.41, 5.74) is 6.18. The minimum absolute atomic E-state index is 0.160. The summed E-state index contributed by atoms with van der Waals surface area (Å²) in [6.45, 7) is 0.399. The summed E-state index contributed by atoms with van der Waals surface area (Å²) >= 11 is 5.97. The van der Waals surface area contributed by atoms with E-state index in [0.29, 0.717) is 17.4 Å². The fourth-order valence-electron chi connectivity index (χ4n) is 1.37. The number of nitrogens with two attached hydrogens (primary N) is 1. The molecule has 0 aliphatic heterocycles. The lowest BCUT2D eigenvalue weighted by atomic mass is 10.2. The predicted molar refractivity (Wildman–Crippen MR) is 60.0 cm³/mol. The summed E-state index contributed by atoms with van der Waals surface area (Å²) in [6.07, 6.45) is 0. The van der Waals surface area contributed by atoms with Gasteiger partial charge in [0.25, 0.3) is 5.56 Å². The summed E-state index contributed by atoms with van der Waals surface area (Å²) in [5, 5.41) is 3.38. The van der Waals surface area contributed by atoms with Crippen molar-refractivity contribution in [2.45, 2.75) is 6.54 Å². The van der Waals surface area contributed by atoms with Gasteiger partial charge in [0.2, 0.25) is 0 Å². The largest absolute Gasteiger partial charge is 0.384 e. The van der Waals surface area contributed by atoms with Crippen LogP contribution < -0.4 is 11.3 Å². The van der Waals surface area contributed by atoms with Crippen LogP contribution in [0.25, 0.3) is 0 Å². The molecular weight excluding hydrogens is 214 g/mol. The zero-order chi connectivity index (χ0) is 10.8. The van der Waals surface area contributed by atoms with Gasteiger partial charge >= 0.3 is 0 Å². The molecule has 0 amide bonds. The molecule has 0 spiro atoms. The predicted octanol–water partition coefficient (Wildman–Crippen LogP) is 1.46. The maximum Gasteiger partial charge on any atom is 0.268 e. The number of hydrogen-bond donors (Lipinski definition) is 2. The van der Waals surface area contributed by atoms with Crippen molar-refractivity contribution >= 4 is 17.4 Å². The van der Waals surface area contributed by atoms with Gasteiger partial charge in [0.05, 0.1) is 6.54 Å². The van der Waals surface area contributed by atoms with Crippen LogP contribution in [-0.2, 0) is 6.54 Å². The molecule has 78 valence electrons. The number of hydrogen-bond acceptors (Lipinski definition) is 2. The maximum atomic E-state index is 11.4. The van der Waals surface area contributed by atoms with Crippen molar-refractivity contribution in [2.75, 3.05) is 5.73 Å². The number of nitrogen functional groups attached to an aromatic ring is 1. The van der Waals surface area contributed by atoms with Gasteiger partial charge in [-0.05, 0) is 11.6 Å². The molecule has 0 fully saturated rings. The van der Waals surface area contributed by atoms with E-state index in [1.165, 1.54) is 10.7 Å². The van der Waals surface area contributed by atoms with E-state index in [4.69, 9.17) is 17.3 Å². The van der Waals surface area contributed by atoms with Gasteiger partial charge in [-0.3, -0.25) is 9.89 Å². The lowest BCUT2D eigenvalue weighted by Gasteiger charge is -2.03. The number of benzene rings is 1. The molecular formula is C10H10ClN3O. The lowest BCUT2D eigenvalue weighted by Crippen LogP contribution is -2.16. The van der Waals surface area contributed by atoms with E-state index in [-0.39, 0.29) is 5.56 Å². The number of nitrogens with one attached hydrogen (secondary N) is 1. The van der Waals surface area contributed by atoms with Gasteiger partial charge in [-0.25, -0.2) is 4.68 Å². The summed E-state index contributed by atoms with van der Waals surface area (Å²) in [7, 11) is 0. The Labute approximate surface area is 91.3 Å². The molecule has 5 heteroatoms. The number of anilines is 1. The lowest BCUT2D eigenvalue weighted by molar-refractivity contribution is 0.667. The molecule has 0 aliphatic rings. The van der Waals surface area contributed by atoms with Crippen LogP contribution in [0.2, 0.25) is 5.02 Å². The molecule has 4 nitrogen and oxygen atoms in total. The van der Waals surface area contributed by atoms with Crippen molar-refractivity contribution in [3.05, 3.63) is 51.3 Å². The quantitative estimate of drug-likeness (QED) is 0.810. The van der Waals surface area contributed by atoms with Gasteiger partial charge in [-0.2, -0.15) is 0 Å². The van der Waals surface area contributed by atoms with Crippen LogP contribution in [0.4, 0.5) is 5.82 Å². The highest BCUT2D eigenvalue weighted by Crippen LogP contribution is 2.15. The number of rotatable bonds is 2. The van der Waals surface area contributed by atoms with Crippen molar-refractivity contribution in [3.63, 3.8) is 0 Å². The molecule has 0 saturated carbocycles. The molecule has 0 unspecified atom stereocenters. The molecule has 1 aromatic carbocycles. The topological polar surface area (TPSA) is 63.8 Å². The Balaban J connectivity index is 2.34. The molecule has 15 heavy (non-hydrogen) atoms. The van der Waals surface area contributed by atoms with Crippen LogP contribution in [0.15, 0.2) is 35.1 Å². The van der Waals surface area contributed by atoms with Crippen LogP contribution in [0.1, 0.15) is 5.56 Å². The van der Waals surface area contributed by atoms with E-state index in [2.05, 4.69) is 5.10 Å². The van der Waals surface area contributed by atoms with E-state index in [9.17, 15) is 4.79 Å². The van der Waals surface area contributed by atoms with Gasteiger partial charge in [0.1, 0.15) is 5.82 Å². The van der Waals surface area contributed by atoms with Crippen molar-refractivity contribution < 1.29 is 0 Å². The first kappa shape index (κ1) is 9.86. The monoisotopic (exact) mass is 223 g/mol. The molecule has 2 aromatic rings. The van der Waals surface area contributed by atoms with E-state index >= 15 is 0 Å². The Kier molecular flexibility index (Phi) is 2.51. The third-order valence-corrected chi connectivity index (χ3v) is 2.46. The molecule has 1 aromatic heterocycles. The van der Waals surface area contributed by atoms with Crippen LogP contribution in [0, 0.1) is 0 Å². The Bertz CT molecular complexity index is 529. The Morgan fingerprint density at radius 2 is 2.13 bits per heavy atom. The fraction of sp³-hybridized carbons (Fsp3) is 0.100. The summed E-state index contributed by atoms with van der Waals surface area (Å²) in [6, 6.07) is 8.72. The van der Waals surface area contributed by atoms with Gasteiger partial charge in [-0.1, -0.05) is 29.8 Å². The van der Waals surface area contributed by atoms with Crippen molar-refractivity contribution in [3.8, 4) is 0 Å². The third kappa shape index (κ3) is 2.05. The van der Waals surface area contributed by atoms with E-state index in [1.54, 1.807) is 6.07 Å². The Hall–Kier alpha value is -1.68. The number of H-pyrrole nitrogens is 1. The summed E-state index contributed by atoms with van der Waals surface area (Å²) < 4.78 is 1.41. The van der Waals surface area contributed by atoms with Crippen molar-refractivity contribution in [1.29, 1.82) is 0 Å². The van der Waals surface area contributed by atoms with Gasteiger partial charge < -0.3 is 5.73 Å². The van der Waals surface area contributed by atoms with E-state index in [0.717, 1.165) is 5.56 Å². The zero-order valence-electron chi connectivity index (χ0n) is 7.90. The van der Waals surface area contributed by atoms with Crippen molar-refractivity contribution in [1.82, 2.24) is 9.78 Å². The van der Waals surface area contributed by atoms with Gasteiger partial charge in [0, 0.05) is 11.1 Å². The fourth-order valence-corrected chi connectivity index (χ4v) is 1.56. The maximum absolute atomic E-state index is 11.4. The van der Waals surface area contributed by atoms with Crippen LogP contribution in [0.3, 0.4) is 0 Å². The highest BCUT2D eigenvalue weighted by molar-refractivity contribution is 6.31. The van der Waals surface area contributed by atoms with Crippen LogP contribution in [0.5, 0.6) is 0 Å². The first-order chi connectivity index (χ1) is 7.16. The molecule has 0 atom stereocenters. The number of halogens is 1. The second-order valence-corrected chi connectivity index (χ2v) is 3.63. The Morgan fingerprint density at radius 3 is 2.73 bits per heavy atom. The second-order valence-electron chi connectivity index (χ2n) is 3.23. The molecule has 3 N–H and O–H groups in total. The standard InChI is InChI=1S/C10H10ClN3O/c11-8-4-2-1-3-7(8)6-14-10(15)5-9(12)13-14/h1-5,13H,6,12H2. The average molecular weight is 224 g/mol. The summed E-state index contributed by atoms with van der Waals surface area (Å²) in [4.78, 5) is 11.4. The second kappa shape index (κ2) is 3.82. The first-order valence-electron chi connectivity index (χ1n) is 4.45. The Morgan fingerprint density at radius 1 is 1.40 bits per heavy atom. The molecule has 1 heterocycles. The van der Waals surface area contributed by atoms with Crippen molar-refractivity contribution in [2.24, 2.45) is 0 Å². The zero-order valence-corrected chi connectivity index (χ0v) is 8.66. The number of aromatic nitrogens is 2. The van der Waals surface area contributed by atoms with E-state index < -0.39 is 0 Å². The third-order valence-electron chi connectivity index (χ3n) is 2.10. The van der Waals surface area contributed by atoms with Crippen LogP contribution >= 0.6 is 11.6 Å². The minimum Gasteiger partial charge on any atom is -0.384 e. The molecule has 0 aliphatic carbocycles. The molecule has 0 saturated heterocycles. The van der Waals surface area contributed by atoms with Crippen LogP contribution in [-0.4, -0.2) is 9.78 Å².